The number of amides is 3. The summed E-state index contributed by atoms with van der Waals surface area (Å²) in [6.45, 7) is 0.643. The van der Waals surface area contributed by atoms with Gasteiger partial charge in [0.25, 0.3) is 0 Å². The standard InChI is InChI=1S/C28H32N6O4S/c35-16-8-2-7-15-33-24(26(37)29-17-34-20-12-6-5-11-19(20)31-32-34)28-14-13-21(39-28)22(23(28)27(33)38)25(36)30-18-9-3-1-4-10-18/h1,3-6,9-12,21-24,35H,2,7-8,13-17H2,(H,29,37)(H,30,36)/t21-,22+,23-,24?,28?/m0/s1. The lowest BCUT2D eigenvalue weighted by atomic mass is 9.70. The van der Waals surface area contributed by atoms with Crippen molar-refractivity contribution in [2.75, 3.05) is 18.5 Å². The number of carbonyl (C=O) groups excluding carboxylic acids is 3. The first-order valence-electron chi connectivity index (χ1n) is 13.5. The average molecular weight is 549 g/mol. The maximum absolute atomic E-state index is 14.0. The summed E-state index contributed by atoms with van der Waals surface area (Å²) in [5, 5.41) is 23.6. The highest BCUT2D eigenvalue weighted by atomic mass is 32.2. The predicted octanol–water partition coefficient (Wildman–Crippen LogP) is 2.40. The maximum Gasteiger partial charge on any atom is 0.245 e. The van der Waals surface area contributed by atoms with E-state index in [1.807, 2.05) is 54.6 Å². The summed E-state index contributed by atoms with van der Waals surface area (Å²) in [6, 6.07) is 16.1. The molecule has 1 spiro atoms. The molecule has 3 N–H and O–H groups in total. The van der Waals surface area contributed by atoms with Crippen molar-refractivity contribution in [1.82, 2.24) is 25.2 Å². The number of aromatic nitrogens is 3. The van der Waals surface area contributed by atoms with Crippen LogP contribution >= 0.6 is 11.8 Å². The van der Waals surface area contributed by atoms with Crippen LogP contribution in [0.1, 0.15) is 32.1 Å². The summed E-state index contributed by atoms with van der Waals surface area (Å²) in [5.74, 6) is -1.55. The number of nitrogens with one attached hydrogen (secondary N) is 2. The molecule has 0 aliphatic carbocycles. The molecule has 2 bridgehead atoms. The molecule has 3 aliphatic rings. The number of likely N-dealkylation sites (tertiary alicyclic amines) is 1. The summed E-state index contributed by atoms with van der Waals surface area (Å²) in [4.78, 5) is 43.1. The van der Waals surface area contributed by atoms with Gasteiger partial charge in [-0.1, -0.05) is 35.5 Å². The molecule has 10 nitrogen and oxygen atoms in total. The number of benzene rings is 2. The lowest BCUT2D eigenvalue weighted by Gasteiger charge is -2.34. The number of para-hydroxylation sites is 2. The minimum absolute atomic E-state index is 0.00578. The Morgan fingerprint density at radius 3 is 2.67 bits per heavy atom. The lowest BCUT2D eigenvalue weighted by molar-refractivity contribution is -0.139. The molecular weight excluding hydrogens is 516 g/mol. The molecule has 2 aromatic carbocycles. The molecule has 3 amide bonds. The minimum Gasteiger partial charge on any atom is -0.396 e. The molecule has 11 heteroatoms. The Morgan fingerprint density at radius 1 is 1.05 bits per heavy atom. The number of rotatable bonds is 10. The molecule has 1 aromatic heterocycles. The second-order valence-corrected chi connectivity index (χ2v) is 12.1. The van der Waals surface area contributed by atoms with Gasteiger partial charge in [-0.05, 0) is 56.4 Å². The fourth-order valence-electron chi connectivity index (χ4n) is 6.60. The first-order valence-corrected chi connectivity index (χ1v) is 14.4. The highest BCUT2D eigenvalue weighted by Gasteiger charge is 2.73. The van der Waals surface area contributed by atoms with Crippen molar-refractivity contribution < 1.29 is 19.5 Å². The largest absolute Gasteiger partial charge is 0.396 e. The Labute approximate surface area is 230 Å². The van der Waals surface area contributed by atoms with Crippen LogP contribution in [0.15, 0.2) is 54.6 Å². The third-order valence-electron chi connectivity index (χ3n) is 8.27. The molecule has 5 atom stereocenters. The van der Waals surface area contributed by atoms with E-state index in [4.69, 9.17) is 0 Å². The monoisotopic (exact) mass is 548 g/mol. The Balaban J connectivity index is 1.26. The SMILES string of the molecule is O=C(NCn1nnc2ccccc21)C1N(CCCCCO)C(=O)[C@@H]2[C@H](C(=O)Nc3ccccc3)[C@@H]3CCC12S3. The first-order chi connectivity index (χ1) is 19.0. The van der Waals surface area contributed by atoms with Gasteiger partial charge in [-0.25, -0.2) is 4.68 Å². The summed E-state index contributed by atoms with van der Waals surface area (Å²) in [7, 11) is 0. The fraction of sp³-hybridized carbons (Fsp3) is 0.464. The number of nitrogens with zero attached hydrogens (tertiary/aromatic N) is 4. The molecule has 2 unspecified atom stereocenters. The zero-order valence-electron chi connectivity index (χ0n) is 21.5. The van der Waals surface area contributed by atoms with E-state index in [1.54, 1.807) is 21.3 Å². The topological polar surface area (TPSA) is 129 Å². The van der Waals surface area contributed by atoms with Gasteiger partial charge < -0.3 is 20.6 Å². The molecule has 0 saturated carbocycles. The molecule has 3 saturated heterocycles. The van der Waals surface area contributed by atoms with Crippen LogP contribution in [0.3, 0.4) is 0 Å². The number of carbonyl (C=O) groups is 3. The highest BCUT2D eigenvalue weighted by Crippen LogP contribution is 2.66. The fourth-order valence-corrected chi connectivity index (χ4v) is 8.82. The van der Waals surface area contributed by atoms with Crippen LogP contribution in [0, 0.1) is 11.8 Å². The van der Waals surface area contributed by atoms with E-state index >= 15 is 0 Å². The lowest BCUT2D eigenvalue weighted by Crippen LogP contribution is -2.53. The zero-order valence-corrected chi connectivity index (χ0v) is 22.3. The van der Waals surface area contributed by atoms with Crippen molar-refractivity contribution in [3.05, 3.63) is 54.6 Å². The van der Waals surface area contributed by atoms with Crippen LogP contribution in [0.5, 0.6) is 0 Å². The van der Waals surface area contributed by atoms with Crippen molar-refractivity contribution >= 4 is 46.2 Å². The normalized spacial score (nSPS) is 27.2. The van der Waals surface area contributed by atoms with E-state index in [0.29, 0.717) is 31.5 Å². The van der Waals surface area contributed by atoms with Gasteiger partial charge in [-0.2, -0.15) is 0 Å². The van der Waals surface area contributed by atoms with E-state index in [2.05, 4.69) is 20.9 Å². The quantitative estimate of drug-likeness (QED) is 0.332. The van der Waals surface area contributed by atoms with Crippen LogP contribution in [0.25, 0.3) is 11.0 Å². The van der Waals surface area contributed by atoms with Crippen molar-refractivity contribution in [2.45, 2.75) is 54.8 Å². The Hall–Kier alpha value is -3.44. The first kappa shape index (κ1) is 25.8. The Bertz CT molecular complexity index is 1380. The van der Waals surface area contributed by atoms with E-state index in [0.717, 1.165) is 23.9 Å². The Morgan fingerprint density at radius 2 is 1.85 bits per heavy atom. The number of aliphatic hydroxyl groups excluding tert-OH is 1. The number of thioether (sulfide) groups is 1. The van der Waals surface area contributed by atoms with Gasteiger partial charge in [0.1, 0.15) is 18.2 Å². The van der Waals surface area contributed by atoms with Crippen molar-refractivity contribution in [3.63, 3.8) is 0 Å². The van der Waals surface area contributed by atoms with Gasteiger partial charge in [0.2, 0.25) is 17.7 Å². The number of anilines is 1. The smallest absolute Gasteiger partial charge is 0.245 e. The average Bonchev–Trinajstić information content (AvgIpc) is 3.70. The van der Waals surface area contributed by atoms with Gasteiger partial charge in [0, 0.05) is 24.1 Å². The third kappa shape index (κ3) is 4.47. The number of unbranched alkanes of at least 4 members (excludes halogenated alkanes) is 2. The Kier molecular flexibility index (Phi) is 7.03. The van der Waals surface area contributed by atoms with Crippen LogP contribution < -0.4 is 10.6 Å². The number of hydrogen-bond donors (Lipinski definition) is 3. The number of hydrogen-bond acceptors (Lipinski definition) is 7. The van der Waals surface area contributed by atoms with Crippen molar-refractivity contribution in [1.29, 1.82) is 0 Å². The molecule has 3 aromatic rings. The van der Waals surface area contributed by atoms with E-state index in [1.165, 1.54) is 0 Å². The summed E-state index contributed by atoms with van der Waals surface area (Å²) < 4.78 is 0.992. The zero-order chi connectivity index (χ0) is 27.0. The molecule has 6 rings (SSSR count). The molecule has 39 heavy (non-hydrogen) atoms. The van der Waals surface area contributed by atoms with E-state index in [-0.39, 0.29) is 36.2 Å². The van der Waals surface area contributed by atoms with Crippen LogP contribution in [0.4, 0.5) is 5.69 Å². The minimum atomic E-state index is -0.677. The third-order valence-corrected chi connectivity index (χ3v) is 10.2. The van der Waals surface area contributed by atoms with Crippen molar-refractivity contribution in [3.8, 4) is 0 Å². The van der Waals surface area contributed by atoms with Gasteiger partial charge in [-0.3, -0.25) is 14.4 Å². The predicted molar refractivity (Wildman–Crippen MR) is 148 cm³/mol. The van der Waals surface area contributed by atoms with Crippen LogP contribution in [-0.2, 0) is 21.1 Å². The summed E-state index contributed by atoms with van der Waals surface area (Å²) >= 11 is 1.65. The molecular formula is C28H32N6O4S. The van der Waals surface area contributed by atoms with Gasteiger partial charge >= 0.3 is 0 Å². The van der Waals surface area contributed by atoms with Gasteiger partial charge in [0.15, 0.2) is 0 Å². The molecule has 0 radical (unpaired) electrons. The molecule has 3 aliphatic heterocycles. The van der Waals surface area contributed by atoms with Crippen LogP contribution in [-0.4, -0.2) is 71.9 Å². The maximum atomic E-state index is 14.0. The van der Waals surface area contributed by atoms with E-state index in [9.17, 15) is 19.5 Å². The van der Waals surface area contributed by atoms with Crippen LogP contribution in [0.2, 0.25) is 0 Å². The number of aliphatic hydroxyl groups is 1. The highest BCUT2D eigenvalue weighted by molar-refractivity contribution is 8.02. The molecule has 4 heterocycles. The van der Waals surface area contributed by atoms with Crippen molar-refractivity contribution in [2.24, 2.45) is 11.8 Å². The van der Waals surface area contributed by atoms with Gasteiger partial charge in [0.05, 0.1) is 22.1 Å². The summed E-state index contributed by atoms with van der Waals surface area (Å²) in [6.07, 6.45) is 3.58. The van der Waals surface area contributed by atoms with Gasteiger partial charge in [-0.15, -0.1) is 16.9 Å². The molecule has 204 valence electrons. The second kappa shape index (κ2) is 10.6. The van der Waals surface area contributed by atoms with E-state index < -0.39 is 22.6 Å². The summed E-state index contributed by atoms with van der Waals surface area (Å²) in [5.41, 5.74) is 2.25. The number of fused-ring (bicyclic) bond motifs is 2. The second-order valence-electron chi connectivity index (χ2n) is 10.5. The molecule has 3 fully saturated rings.